The van der Waals surface area contributed by atoms with E-state index in [1.165, 1.54) is 0 Å². The van der Waals surface area contributed by atoms with Gasteiger partial charge in [0.15, 0.2) is 5.76 Å². The van der Waals surface area contributed by atoms with Crippen molar-refractivity contribution < 1.29 is 23.5 Å². The first-order chi connectivity index (χ1) is 14.3. The van der Waals surface area contributed by atoms with Crippen molar-refractivity contribution in [3.8, 4) is 22.8 Å². The zero-order chi connectivity index (χ0) is 21.7. The fraction of sp³-hybridized carbons (Fsp3) is 0.545. The van der Waals surface area contributed by atoms with E-state index in [1.54, 1.807) is 19.1 Å². The highest BCUT2D eigenvalue weighted by Crippen LogP contribution is 2.34. The van der Waals surface area contributed by atoms with Gasteiger partial charge in [-0.15, -0.1) is 0 Å². The highest BCUT2D eigenvalue weighted by molar-refractivity contribution is 5.75. The first kappa shape index (κ1) is 22.0. The van der Waals surface area contributed by atoms with Gasteiger partial charge in [0.1, 0.15) is 17.2 Å². The normalized spacial score (nSPS) is 16.4. The zero-order valence-corrected chi connectivity index (χ0v) is 18.4. The molecule has 1 saturated heterocycles. The van der Waals surface area contributed by atoms with Gasteiger partial charge in [-0.1, -0.05) is 5.16 Å². The van der Waals surface area contributed by atoms with Gasteiger partial charge in [-0.3, -0.25) is 0 Å². The van der Waals surface area contributed by atoms with E-state index in [0.717, 1.165) is 25.0 Å². The molecule has 2 amide bonds. The number of nitrogens with one attached hydrogen (secondary N) is 1. The number of hydrogen-bond acceptors (Lipinski definition) is 6. The Kier molecular flexibility index (Phi) is 6.87. The summed E-state index contributed by atoms with van der Waals surface area (Å²) in [4.78, 5) is 14.6. The molecule has 1 atom stereocenters. The van der Waals surface area contributed by atoms with Crippen LogP contribution in [-0.2, 0) is 11.3 Å². The van der Waals surface area contributed by atoms with Crippen LogP contribution in [0, 0.1) is 0 Å². The van der Waals surface area contributed by atoms with Crippen molar-refractivity contribution in [3.05, 3.63) is 30.0 Å². The van der Waals surface area contributed by atoms with Crippen LogP contribution in [0.2, 0.25) is 0 Å². The van der Waals surface area contributed by atoms with Gasteiger partial charge in [-0.2, -0.15) is 0 Å². The van der Waals surface area contributed by atoms with Gasteiger partial charge in [0, 0.05) is 24.8 Å². The van der Waals surface area contributed by atoms with E-state index < -0.39 is 0 Å². The zero-order valence-electron chi connectivity index (χ0n) is 18.4. The molecule has 1 aliphatic rings. The number of hydrogen-bond donors (Lipinski definition) is 1. The number of methoxy groups -OCH3 is 2. The Labute approximate surface area is 177 Å². The lowest BCUT2D eigenvalue weighted by molar-refractivity contribution is 0.0776. The van der Waals surface area contributed by atoms with Crippen LogP contribution in [0.1, 0.15) is 39.3 Å². The number of carbonyl (C=O) groups is 1. The third kappa shape index (κ3) is 5.66. The summed E-state index contributed by atoms with van der Waals surface area (Å²) in [5.74, 6) is 1.89. The second kappa shape index (κ2) is 9.38. The number of rotatable bonds is 7. The average molecular weight is 418 g/mol. The second-order valence-corrected chi connectivity index (χ2v) is 8.44. The third-order valence-corrected chi connectivity index (χ3v) is 4.80. The molecule has 0 bridgehead atoms. The quantitative estimate of drug-likeness (QED) is 0.736. The molecule has 0 aliphatic carbocycles. The number of urea groups is 1. The number of carbonyl (C=O) groups excluding carboxylic acids is 1. The highest BCUT2D eigenvalue weighted by atomic mass is 16.5. The van der Waals surface area contributed by atoms with Crippen molar-refractivity contribution in [1.29, 1.82) is 0 Å². The summed E-state index contributed by atoms with van der Waals surface area (Å²) in [5.41, 5.74) is 1.05. The molecule has 0 spiro atoms. The molecule has 2 aromatic rings. The molecule has 8 nitrogen and oxygen atoms in total. The molecule has 1 fully saturated rings. The largest absolute Gasteiger partial charge is 0.497 e. The van der Waals surface area contributed by atoms with Gasteiger partial charge >= 0.3 is 6.03 Å². The summed E-state index contributed by atoms with van der Waals surface area (Å²) in [6, 6.07) is 7.14. The molecule has 8 heteroatoms. The predicted molar refractivity (Wildman–Crippen MR) is 113 cm³/mol. The molecule has 1 aromatic heterocycles. The maximum absolute atomic E-state index is 12.9. The van der Waals surface area contributed by atoms with Crippen LogP contribution in [0.15, 0.2) is 28.8 Å². The number of ether oxygens (including phenoxy) is 3. The summed E-state index contributed by atoms with van der Waals surface area (Å²) in [6.07, 6.45) is 2.01. The van der Waals surface area contributed by atoms with Crippen LogP contribution in [0.4, 0.5) is 4.79 Å². The van der Waals surface area contributed by atoms with Crippen molar-refractivity contribution in [2.75, 3.05) is 27.4 Å². The molecule has 0 saturated carbocycles. The lowest BCUT2D eigenvalue weighted by atomic mass is 10.1. The molecular formula is C22H31N3O5. The smallest absolute Gasteiger partial charge is 0.318 e. The maximum Gasteiger partial charge on any atom is 0.318 e. The van der Waals surface area contributed by atoms with E-state index in [0.29, 0.717) is 36.0 Å². The molecule has 2 heterocycles. The van der Waals surface area contributed by atoms with Crippen molar-refractivity contribution >= 4 is 6.03 Å². The van der Waals surface area contributed by atoms with E-state index in [9.17, 15) is 4.79 Å². The predicted octanol–water partition coefficient (Wildman–Crippen LogP) is 3.85. The van der Waals surface area contributed by atoms with Gasteiger partial charge < -0.3 is 29.0 Å². The van der Waals surface area contributed by atoms with Crippen LogP contribution in [0.25, 0.3) is 11.3 Å². The van der Waals surface area contributed by atoms with E-state index in [4.69, 9.17) is 18.7 Å². The van der Waals surface area contributed by atoms with Gasteiger partial charge in [-0.05, 0) is 51.8 Å². The maximum atomic E-state index is 12.9. The first-order valence-electron chi connectivity index (χ1n) is 10.2. The molecule has 1 N–H and O–H groups in total. The Balaban J connectivity index is 1.80. The highest BCUT2D eigenvalue weighted by Gasteiger charge is 2.26. The Hall–Kier alpha value is -2.74. The Morgan fingerprint density at radius 1 is 1.27 bits per heavy atom. The minimum Gasteiger partial charge on any atom is -0.497 e. The molecule has 1 aromatic carbocycles. The van der Waals surface area contributed by atoms with E-state index in [-0.39, 0.29) is 17.7 Å². The third-order valence-electron chi connectivity index (χ3n) is 4.80. The van der Waals surface area contributed by atoms with Crippen molar-refractivity contribution in [3.63, 3.8) is 0 Å². The van der Waals surface area contributed by atoms with Crippen LogP contribution in [0.3, 0.4) is 0 Å². The molecule has 0 unspecified atom stereocenters. The minimum absolute atomic E-state index is 0.0422. The Morgan fingerprint density at radius 2 is 2.07 bits per heavy atom. The van der Waals surface area contributed by atoms with Gasteiger partial charge in [-0.25, -0.2) is 4.79 Å². The summed E-state index contributed by atoms with van der Waals surface area (Å²) >= 11 is 0. The van der Waals surface area contributed by atoms with Crippen LogP contribution in [0.5, 0.6) is 11.5 Å². The minimum atomic E-state index is -0.338. The SMILES string of the molecule is COc1ccc(OC)c(-c2cc(CN(C[C@@H]3CCCO3)C(=O)NC(C)(C)C)no2)c1. The monoisotopic (exact) mass is 417 g/mol. The molecule has 164 valence electrons. The molecular weight excluding hydrogens is 386 g/mol. The number of benzene rings is 1. The standard InChI is InChI=1S/C22H31N3O5/c1-22(2,3)23-21(26)25(14-17-7-6-10-29-17)13-15-11-20(30-24-15)18-12-16(27-4)8-9-19(18)28-5/h8-9,11-12,17H,6-7,10,13-14H2,1-5H3,(H,23,26)/t17-/m0/s1. The average Bonchev–Trinajstić information content (AvgIpc) is 3.37. The summed E-state index contributed by atoms with van der Waals surface area (Å²) < 4.78 is 22.0. The molecule has 30 heavy (non-hydrogen) atoms. The topological polar surface area (TPSA) is 86.1 Å². The number of aromatic nitrogens is 1. The van der Waals surface area contributed by atoms with Crippen molar-refractivity contribution in [2.24, 2.45) is 0 Å². The van der Waals surface area contributed by atoms with Gasteiger partial charge in [0.2, 0.25) is 0 Å². The lowest BCUT2D eigenvalue weighted by Gasteiger charge is -2.29. The number of amides is 2. The Morgan fingerprint density at radius 3 is 2.70 bits per heavy atom. The molecule has 3 rings (SSSR count). The van der Waals surface area contributed by atoms with Crippen LogP contribution >= 0.6 is 0 Å². The second-order valence-electron chi connectivity index (χ2n) is 8.44. The fourth-order valence-corrected chi connectivity index (χ4v) is 3.37. The van der Waals surface area contributed by atoms with Gasteiger partial charge in [0.05, 0.1) is 32.4 Å². The molecule has 1 aliphatic heterocycles. The van der Waals surface area contributed by atoms with Crippen LogP contribution < -0.4 is 14.8 Å². The summed E-state index contributed by atoms with van der Waals surface area (Å²) in [7, 11) is 3.21. The lowest BCUT2D eigenvalue weighted by Crippen LogP contribution is -2.50. The fourth-order valence-electron chi connectivity index (χ4n) is 3.37. The Bertz CT molecular complexity index is 853. The van der Waals surface area contributed by atoms with E-state index in [1.807, 2.05) is 45.0 Å². The van der Waals surface area contributed by atoms with Crippen molar-refractivity contribution in [1.82, 2.24) is 15.4 Å². The van der Waals surface area contributed by atoms with E-state index >= 15 is 0 Å². The van der Waals surface area contributed by atoms with Gasteiger partial charge in [0.25, 0.3) is 0 Å². The number of nitrogens with zero attached hydrogens (tertiary/aromatic N) is 2. The van der Waals surface area contributed by atoms with E-state index in [2.05, 4.69) is 10.5 Å². The summed E-state index contributed by atoms with van der Waals surface area (Å²) in [5, 5.41) is 7.20. The van der Waals surface area contributed by atoms with Crippen LogP contribution in [-0.4, -0.2) is 55.1 Å². The molecule has 0 radical (unpaired) electrons. The van der Waals surface area contributed by atoms with Crippen molar-refractivity contribution in [2.45, 2.75) is 51.8 Å². The first-order valence-corrected chi connectivity index (χ1v) is 10.2. The summed E-state index contributed by atoms with van der Waals surface area (Å²) in [6.45, 7) is 7.43.